The van der Waals surface area contributed by atoms with Crippen LogP contribution in [-0.2, 0) is 23.2 Å². The normalized spacial score (nSPS) is 12.0. The monoisotopic (exact) mass is 485 g/mol. The van der Waals surface area contributed by atoms with E-state index in [-0.39, 0.29) is 4.90 Å². The predicted molar refractivity (Wildman–Crippen MR) is 110 cm³/mol. The van der Waals surface area contributed by atoms with Crippen LogP contribution in [-0.4, -0.2) is 36.4 Å². The highest BCUT2D eigenvalue weighted by Gasteiger charge is 2.19. The number of rotatable bonds is 6. The number of nitrogens with zero attached hydrogens (tertiary/aromatic N) is 3. The fourth-order valence-corrected chi connectivity index (χ4v) is 4.16. The summed E-state index contributed by atoms with van der Waals surface area (Å²) in [5.41, 5.74) is 1.54. The molecule has 26 heavy (non-hydrogen) atoms. The van der Waals surface area contributed by atoms with Gasteiger partial charge in [-0.3, -0.25) is 0 Å². The number of ether oxygens (including phenoxy) is 1. The van der Waals surface area contributed by atoms with Gasteiger partial charge in [-0.25, -0.2) is 17.7 Å². The number of hydrogen-bond acceptors (Lipinski definition) is 4. The third-order valence-corrected chi connectivity index (χ3v) is 6.79. The van der Waals surface area contributed by atoms with Crippen molar-refractivity contribution in [1.29, 1.82) is 0 Å². The second kappa shape index (κ2) is 7.53. The van der Waals surface area contributed by atoms with Crippen LogP contribution in [0.2, 0.25) is 0 Å². The number of halogens is 1. The zero-order chi connectivity index (χ0) is 18.9. The number of hydrogen-bond donors (Lipinski definition) is 0. The van der Waals surface area contributed by atoms with Gasteiger partial charge in [0.1, 0.15) is 18.2 Å². The Labute approximate surface area is 167 Å². The smallest absolute Gasteiger partial charge is 0.242 e. The first-order chi connectivity index (χ1) is 12.3. The number of imidazole rings is 1. The van der Waals surface area contributed by atoms with Gasteiger partial charge in [-0.05, 0) is 59.8 Å². The summed E-state index contributed by atoms with van der Waals surface area (Å²) in [5, 5.41) is 0. The van der Waals surface area contributed by atoms with Crippen molar-refractivity contribution in [3.05, 3.63) is 51.9 Å². The predicted octanol–water partition coefficient (Wildman–Crippen LogP) is 3.49. The molecule has 0 radical (unpaired) electrons. The summed E-state index contributed by atoms with van der Waals surface area (Å²) in [7, 11) is -0.450. The fourth-order valence-electron chi connectivity index (χ4n) is 2.70. The zero-order valence-electron chi connectivity index (χ0n) is 14.8. The molecule has 0 saturated carbocycles. The van der Waals surface area contributed by atoms with E-state index in [0.717, 1.165) is 27.2 Å². The van der Waals surface area contributed by atoms with Crippen LogP contribution < -0.4 is 4.74 Å². The van der Waals surface area contributed by atoms with E-state index < -0.39 is 10.0 Å². The summed E-state index contributed by atoms with van der Waals surface area (Å²) in [5.74, 6) is 1.57. The summed E-state index contributed by atoms with van der Waals surface area (Å²) in [6.07, 6.45) is 0. The minimum atomic E-state index is -3.49. The second-order valence-corrected chi connectivity index (χ2v) is 9.24. The first kappa shape index (κ1) is 19.1. The van der Waals surface area contributed by atoms with Crippen LogP contribution in [0.3, 0.4) is 0 Å². The number of benzene rings is 2. The molecular formula is C18H20IN3O3S. The average Bonchev–Trinajstić information content (AvgIpc) is 2.97. The maximum Gasteiger partial charge on any atom is 0.242 e. The van der Waals surface area contributed by atoms with Gasteiger partial charge in [0.05, 0.1) is 19.5 Å². The molecule has 1 aromatic heterocycles. The first-order valence-electron chi connectivity index (χ1n) is 8.13. The van der Waals surface area contributed by atoms with E-state index in [1.807, 2.05) is 35.8 Å². The zero-order valence-corrected chi connectivity index (χ0v) is 17.8. The van der Waals surface area contributed by atoms with Gasteiger partial charge in [0, 0.05) is 20.6 Å². The molecule has 0 aliphatic rings. The molecule has 0 amide bonds. The molecule has 0 saturated heterocycles. The number of para-hydroxylation sites is 1. The minimum Gasteiger partial charge on any atom is -0.485 e. The van der Waals surface area contributed by atoms with Crippen molar-refractivity contribution in [2.24, 2.45) is 0 Å². The summed E-state index contributed by atoms with van der Waals surface area (Å²) >= 11 is 2.23. The lowest BCUT2D eigenvalue weighted by Crippen LogP contribution is -2.22. The summed E-state index contributed by atoms with van der Waals surface area (Å²) in [4.78, 5) is 4.85. The minimum absolute atomic E-state index is 0.237. The molecule has 0 unspecified atom stereocenters. The number of aryl methyl sites for hydroxylation is 1. The molecule has 6 nitrogen and oxygen atoms in total. The van der Waals surface area contributed by atoms with Gasteiger partial charge < -0.3 is 9.30 Å². The van der Waals surface area contributed by atoms with Crippen molar-refractivity contribution in [2.75, 3.05) is 14.1 Å². The summed E-state index contributed by atoms with van der Waals surface area (Å²) < 4.78 is 34.9. The molecule has 138 valence electrons. The van der Waals surface area contributed by atoms with Crippen molar-refractivity contribution >= 4 is 43.6 Å². The van der Waals surface area contributed by atoms with Crippen LogP contribution in [0.5, 0.6) is 5.75 Å². The lowest BCUT2D eigenvalue weighted by Gasteiger charge is -2.11. The highest BCUT2D eigenvalue weighted by Crippen LogP contribution is 2.24. The van der Waals surface area contributed by atoms with Crippen molar-refractivity contribution in [3.8, 4) is 5.75 Å². The maximum absolute atomic E-state index is 12.4. The standard InChI is InChI=1S/C18H20IN3O3S/c1-4-22-16-10-9-13(26(23,24)21(2)3)11-15(16)20-18(22)12-25-17-8-6-5-7-14(17)19/h5-11H,4,12H2,1-3H3. The van der Waals surface area contributed by atoms with Gasteiger partial charge in [-0.1, -0.05) is 12.1 Å². The van der Waals surface area contributed by atoms with Gasteiger partial charge in [-0.15, -0.1) is 0 Å². The molecule has 0 aliphatic heterocycles. The number of fused-ring (bicyclic) bond motifs is 1. The topological polar surface area (TPSA) is 64.4 Å². The molecule has 3 rings (SSSR count). The molecule has 1 heterocycles. The van der Waals surface area contributed by atoms with Crippen LogP contribution in [0.4, 0.5) is 0 Å². The second-order valence-electron chi connectivity index (χ2n) is 5.93. The van der Waals surface area contributed by atoms with Crippen molar-refractivity contribution < 1.29 is 13.2 Å². The maximum atomic E-state index is 12.4. The molecule has 0 spiro atoms. The van der Waals surface area contributed by atoms with Crippen molar-refractivity contribution in [1.82, 2.24) is 13.9 Å². The van der Waals surface area contributed by atoms with Gasteiger partial charge in [0.15, 0.2) is 0 Å². The molecule has 0 N–H and O–H groups in total. The Kier molecular flexibility index (Phi) is 5.54. The highest BCUT2D eigenvalue weighted by molar-refractivity contribution is 14.1. The van der Waals surface area contributed by atoms with Gasteiger partial charge in [0.25, 0.3) is 0 Å². The highest BCUT2D eigenvalue weighted by atomic mass is 127. The Morgan fingerprint density at radius 3 is 2.58 bits per heavy atom. The van der Waals surface area contributed by atoms with E-state index in [4.69, 9.17) is 4.74 Å². The molecular weight excluding hydrogens is 465 g/mol. The average molecular weight is 485 g/mol. The Bertz CT molecular complexity index is 1050. The third-order valence-electron chi connectivity index (χ3n) is 4.09. The largest absolute Gasteiger partial charge is 0.485 e. The van der Waals surface area contributed by atoms with E-state index in [2.05, 4.69) is 27.6 Å². The Morgan fingerprint density at radius 1 is 1.19 bits per heavy atom. The van der Waals surface area contributed by atoms with E-state index >= 15 is 0 Å². The van der Waals surface area contributed by atoms with Crippen LogP contribution in [0.25, 0.3) is 11.0 Å². The first-order valence-corrected chi connectivity index (χ1v) is 10.7. The van der Waals surface area contributed by atoms with Crippen LogP contribution in [0.15, 0.2) is 47.4 Å². The van der Waals surface area contributed by atoms with Crippen LogP contribution >= 0.6 is 22.6 Å². The summed E-state index contributed by atoms with van der Waals surface area (Å²) in [6, 6.07) is 12.8. The summed E-state index contributed by atoms with van der Waals surface area (Å²) in [6.45, 7) is 3.07. The quantitative estimate of drug-likeness (QED) is 0.502. The van der Waals surface area contributed by atoms with Crippen LogP contribution in [0, 0.1) is 3.57 Å². The van der Waals surface area contributed by atoms with Gasteiger partial charge in [0.2, 0.25) is 10.0 Å². The fraction of sp³-hybridized carbons (Fsp3) is 0.278. The number of aromatic nitrogens is 2. The Morgan fingerprint density at radius 2 is 1.92 bits per heavy atom. The molecule has 0 aliphatic carbocycles. The Balaban J connectivity index is 1.97. The molecule has 0 bridgehead atoms. The molecule has 2 aromatic carbocycles. The van der Waals surface area contributed by atoms with Crippen molar-refractivity contribution in [3.63, 3.8) is 0 Å². The molecule has 3 aromatic rings. The van der Waals surface area contributed by atoms with Gasteiger partial charge >= 0.3 is 0 Å². The molecule has 0 fully saturated rings. The number of sulfonamides is 1. The molecule has 0 atom stereocenters. The van der Waals surface area contributed by atoms with Crippen LogP contribution in [0.1, 0.15) is 12.7 Å². The van der Waals surface area contributed by atoms with Gasteiger partial charge in [-0.2, -0.15) is 0 Å². The Hall–Kier alpha value is -1.65. The van der Waals surface area contributed by atoms with E-state index in [9.17, 15) is 8.42 Å². The lowest BCUT2D eigenvalue weighted by atomic mass is 10.3. The van der Waals surface area contributed by atoms with E-state index in [1.165, 1.54) is 18.4 Å². The van der Waals surface area contributed by atoms with Crippen molar-refractivity contribution in [2.45, 2.75) is 25.0 Å². The lowest BCUT2D eigenvalue weighted by molar-refractivity contribution is 0.288. The molecule has 8 heteroatoms. The third kappa shape index (κ3) is 3.58. The van der Waals surface area contributed by atoms with E-state index in [1.54, 1.807) is 18.2 Å². The van der Waals surface area contributed by atoms with E-state index in [0.29, 0.717) is 12.1 Å². The SMILES string of the molecule is CCn1c(COc2ccccc2I)nc2cc(S(=O)(=O)N(C)C)ccc21.